The molecule has 12 atom stereocenters. The van der Waals surface area contributed by atoms with Crippen LogP contribution in [0.5, 0.6) is 0 Å². The first kappa shape index (κ1) is 38.0. The van der Waals surface area contributed by atoms with Crippen LogP contribution in [0.1, 0.15) is 19.6 Å². The van der Waals surface area contributed by atoms with Gasteiger partial charge < -0.3 is 65.7 Å². The van der Waals surface area contributed by atoms with E-state index in [-0.39, 0.29) is 5.82 Å². The van der Waals surface area contributed by atoms with E-state index in [9.17, 15) is 63.9 Å². The number of carbonyl (C=O) groups excluding carboxylic acids is 2. The SMILES string of the molecule is COC(=O)[C@]1(OP(=O)(O)OP(=O)(O)OC[C@H]2O[C@@H](n3ccc(N)nc3=O)[C@H](O)[C@@H]2O)C[C@H](O)[C@@H](NC(C)=O)[C@H]([C@H](O)[C@H](O)CO)O1. The van der Waals surface area contributed by atoms with E-state index in [0.29, 0.717) is 0 Å². The molecule has 3 heterocycles. The summed E-state index contributed by atoms with van der Waals surface area (Å²) in [6.45, 7) is -1.20. The van der Waals surface area contributed by atoms with Gasteiger partial charge in [0.1, 0.15) is 42.4 Å². The van der Waals surface area contributed by atoms with Gasteiger partial charge in [-0.1, -0.05) is 0 Å². The van der Waals surface area contributed by atoms with Crippen LogP contribution in [0, 0.1) is 0 Å². The number of esters is 1. The largest absolute Gasteiger partial charge is 0.484 e. The molecule has 2 aliphatic heterocycles. The second-order valence-electron chi connectivity index (χ2n) is 10.1. The first-order valence-electron chi connectivity index (χ1n) is 13.0. The molecule has 3 rings (SSSR count). The lowest BCUT2D eigenvalue weighted by Crippen LogP contribution is -2.67. The maximum atomic E-state index is 12.9. The Kier molecular flexibility index (Phi) is 12.2. The second kappa shape index (κ2) is 14.8. The Labute approximate surface area is 258 Å². The van der Waals surface area contributed by atoms with Gasteiger partial charge in [-0.05, 0) is 6.07 Å². The molecule has 0 saturated carbocycles. The fourth-order valence-corrected chi connectivity index (χ4v) is 6.87. The van der Waals surface area contributed by atoms with E-state index >= 15 is 0 Å². The molecular weight excluding hydrogens is 674 g/mol. The molecule has 2 fully saturated rings. The Hall–Kier alpha value is -2.44. The average Bonchev–Trinajstić information content (AvgIpc) is 3.23. The standard InChI is InChI=1S/C21H34N4O19P2/c1-8(27)23-13-9(28)5-21(19(33)39-2,42-17(13)14(30)10(29)6-26)43-46(37,38)44-45(35,36)40-7-11-15(31)16(32)18(41-11)25-4-3-12(22)24-20(25)34/h3-4,9-11,13-18,26,28-32H,5-7H2,1-2H3,(H,23,27)(H,35,36)(H,37,38)(H2,22,24,34)/t9-,10+,11+,13+,14+,15+,16+,17+,18+,21+/m0/s1. The topological polar surface area (TPSA) is 358 Å². The summed E-state index contributed by atoms with van der Waals surface area (Å²) in [6, 6.07) is -0.436. The van der Waals surface area contributed by atoms with Gasteiger partial charge in [0, 0.05) is 19.5 Å². The van der Waals surface area contributed by atoms with Crippen molar-refractivity contribution in [2.75, 3.05) is 26.1 Å². The van der Waals surface area contributed by atoms with E-state index < -0.39 is 114 Å². The summed E-state index contributed by atoms with van der Waals surface area (Å²) >= 11 is 0. The van der Waals surface area contributed by atoms with Gasteiger partial charge in [0.05, 0.1) is 32.5 Å². The third-order valence-corrected chi connectivity index (χ3v) is 9.34. The van der Waals surface area contributed by atoms with E-state index in [0.717, 1.165) is 24.8 Å². The van der Waals surface area contributed by atoms with Gasteiger partial charge in [0.15, 0.2) is 6.23 Å². The van der Waals surface area contributed by atoms with E-state index in [4.69, 9.17) is 19.7 Å². The molecule has 25 heteroatoms. The molecule has 0 aliphatic carbocycles. The highest BCUT2D eigenvalue weighted by Crippen LogP contribution is 2.63. The van der Waals surface area contributed by atoms with Gasteiger partial charge in [-0.25, -0.2) is 23.2 Å². The van der Waals surface area contributed by atoms with Gasteiger partial charge in [-0.3, -0.25) is 13.9 Å². The second-order valence-corrected chi connectivity index (χ2v) is 13.0. The number of ether oxygens (including phenoxy) is 3. The first-order valence-corrected chi connectivity index (χ1v) is 16.0. The number of carbonyl (C=O) groups is 2. The van der Waals surface area contributed by atoms with Gasteiger partial charge in [0.2, 0.25) is 5.91 Å². The zero-order valence-corrected chi connectivity index (χ0v) is 25.7. The van der Waals surface area contributed by atoms with Crippen LogP contribution < -0.4 is 16.7 Å². The Morgan fingerprint density at radius 1 is 1.22 bits per heavy atom. The minimum atomic E-state index is -6.01. The maximum Gasteiger partial charge on any atom is 0.484 e. The summed E-state index contributed by atoms with van der Waals surface area (Å²) in [5, 5.41) is 63.2. The molecule has 1 amide bonds. The third kappa shape index (κ3) is 8.72. The zero-order chi connectivity index (χ0) is 34.8. The maximum absolute atomic E-state index is 12.9. The van der Waals surface area contributed by atoms with Crippen LogP contribution in [-0.4, -0.2) is 137 Å². The molecule has 11 N–H and O–H groups in total. The Bertz CT molecular complexity index is 1420. The van der Waals surface area contributed by atoms with Crippen LogP contribution in [0.25, 0.3) is 0 Å². The number of nitrogen functional groups attached to an aromatic ring is 1. The first-order chi connectivity index (χ1) is 21.3. The minimum absolute atomic E-state index is 0.160. The number of rotatable bonds is 13. The van der Waals surface area contributed by atoms with Gasteiger partial charge in [-0.15, -0.1) is 0 Å². The summed E-state index contributed by atoms with van der Waals surface area (Å²) in [4.78, 5) is 60.4. The predicted molar refractivity (Wildman–Crippen MR) is 144 cm³/mol. The Balaban J connectivity index is 1.78. The summed E-state index contributed by atoms with van der Waals surface area (Å²) in [5.41, 5.74) is 4.43. The number of nitrogens with zero attached hydrogens (tertiary/aromatic N) is 2. The van der Waals surface area contributed by atoms with Crippen molar-refractivity contribution in [3.05, 3.63) is 22.7 Å². The molecule has 1 aromatic rings. The van der Waals surface area contributed by atoms with Crippen LogP contribution in [0.15, 0.2) is 17.1 Å². The number of phosphoric ester groups is 2. The summed E-state index contributed by atoms with van der Waals surface area (Å²) in [5.74, 6) is -5.83. The lowest BCUT2D eigenvalue weighted by molar-refractivity contribution is -0.289. The van der Waals surface area contributed by atoms with Crippen molar-refractivity contribution in [3.63, 3.8) is 0 Å². The number of hydrogen-bond acceptors (Lipinski definition) is 19. The quantitative estimate of drug-likeness (QED) is 0.0676. The molecule has 1 aromatic heterocycles. The molecule has 0 spiro atoms. The van der Waals surface area contributed by atoms with Gasteiger partial charge in [-0.2, -0.15) is 9.29 Å². The number of aliphatic hydroxyl groups is 6. The highest BCUT2D eigenvalue weighted by molar-refractivity contribution is 7.61. The highest BCUT2D eigenvalue weighted by atomic mass is 31.3. The normalized spacial score (nSPS) is 33.7. The summed E-state index contributed by atoms with van der Waals surface area (Å²) < 4.78 is 55.0. The Morgan fingerprint density at radius 2 is 1.87 bits per heavy atom. The van der Waals surface area contributed by atoms with Crippen molar-refractivity contribution >= 4 is 33.3 Å². The van der Waals surface area contributed by atoms with Crippen LogP contribution >= 0.6 is 15.6 Å². The van der Waals surface area contributed by atoms with Crippen LogP contribution in [-0.2, 0) is 46.3 Å². The molecule has 0 bridgehead atoms. The fourth-order valence-electron chi connectivity index (χ4n) is 4.61. The molecule has 23 nitrogen and oxygen atoms in total. The molecule has 0 radical (unpaired) electrons. The number of anilines is 1. The van der Waals surface area contributed by atoms with E-state index in [1.54, 1.807) is 0 Å². The smallest absolute Gasteiger partial charge is 0.465 e. The monoisotopic (exact) mass is 708 g/mol. The average molecular weight is 708 g/mol. The fraction of sp³-hybridized carbons (Fsp3) is 0.714. The van der Waals surface area contributed by atoms with E-state index in [2.05, 4.69) is 23.9 Å². The van der Waals surface area contributed by atoms with Crippen molar-refractivity contribution in [2.24, 2.45) is 0 Å². The van der Waals surface area contributed by atoms with E-state index in [1.807, 2.05) is 0 Å². The van der Waals surface area contributed by atoms with Crippen molar-refractivity contribution in [3.8, 4) is 0 Å². The lowest BCUT2D eigenvalue weighted by Gasteiger charge is -2.46. The summed E-state index contributed by atoms with van der Waals surface area (Å²) in [6.07, 6.45) is -15.1. The number of aliphatic hydroxyl groups excluding tert-OH is 6. The third-order valence-electron chi connectivity index (χ3n) is 6.69. The molecule has 262 valence electrons. The van der Waals surface area contributed by atoms with Crippen molar-refractivity contribution in [1.82, 2.24) is 14.9 Å². The van der Waals surface area contributed by atoms with Crippen LogP contribution in [0.2, 0.25) is 0 Å². The van der Waals surface area contributed by atoms with Crippen molar-refractivity contribution in [2.45, 2.75) is 74.1 Å². The van der Waals surface area contributed by atoms with Gasteiger partial charge >= 0.3 is 27.3 Å². The van der Waals surface area contributed by atoms with E-state index in [1.165, 1.54) is 6.07 Å². The number of amides is 1. The number of aromatic nitrogens is 2. The number of hydrogen-bond donors (Lipinski definition) is 10. The summed E-state index contributed by atoms with van der Waals surface area (Å²) in [7, 11) is -11.0. The number of nitrogens with one attached hydrogen (secondary N) is 1. The zero-order valence-electron chi connectivity index (χ0n) is 23.9. The van der Waals surface area contributed by atoms with Crippen molar-refractivity contribution < 1.29 is 86.7 Å². The number of methoxy groups -OCH3 is 1. The molecule has 2 aliphatic rings. The minimum Gasteiger partial charge on any atom is -0.465 e. The predicted octanol–water partition coefficient (Wildman–Crippen LogP) is -5.07. The number of nitrogens with two attached hydrogens (primary N) is 1. The molecular formula is C21H34N4O19P2. The molecule has 2 saturated heterocycles. The van der Waals surface area contributed by atoms with Gasteiger partial charge in [0.25, 0.3) is 5.79 Å². The highest BCUT2D eigenvalue weighted by Gasteiger charge is 2.60. The lowest BCUT2D eigenvalue weighted by atomic mass is 9.88. The molecule has 0 aromatic carbocycles. The van der Waals surface area contributed by atoms with Crippen LogP contribution in [0.4, 0.5) is 5.82 Å². The molecule has 2 unspecified atom stereocenters. The van der Waals surface area contributed by atoms with Crippen molar-refractivity contribution in [1.29, 1.82) is 0 Å². The Morgan fingerprint density at radius 3 is 2.43 bits per heavy atom. The van der Waals surface area contributed by atoms with Crippen LogP contribution in [0.3, 0.4) is 0 Å². The molecule has 46 heavy (non-hydrogen) atoms. The number of phosphoric acid groups is 2.